The number of hydrogen-bond donors (Lipinski definition) is 1. The van der Waals surface area contributed by atoms with E-state index >= 15 is 0 Å². The molecule has 1 aromatic rings. The summed E-state index contributed by atoms with van der Waals surface area (Å²) in [6.45, 7) is 13.0. The number of rotatable bonds is 4. The summed E-state index contributed by atoms with van der Waals surface area (Å²) < 4.78 is 6.38. The van der Waals surface area contributed by atoms with Crippen molar-refractivity contribution in [2.24, 2.45) is 0 Å². The Hall–Kier alpha value is -1.24. The van der Waals surface area contributed by atoms with Gasteiger partial charge in [-0.3, -0.25) is 0 Å². The number of hydrogen-bond acceptors (Lipinski definition) is 3. The van der Waals surface area contributed by atoms with Gasteiger partial charge in [0.05, 0.1) is 12.6 Å². The van der Waals surface area contributed by atoms with Gasteiger partial charge in [0.15, 0.2) is 8.32 Å². The van der Waals surface area contributed by atoms with Gasteiger partial charge in [-0.25, -0.2) is 4.79 Å². The lowest BCUT2D eigenvalue weighted by Crippen LogP contribution is -2.45. The first-order valence-electron chi connectivity index (χ1n) is 10.2. The lowest BCUT2D eigenvalue weighted by atomic mass is 9.99. The van der Waals surface area contributed by atoms with Gasteiger partial charge in [0.1, 0.15) is 0 Å². The molecule has 0 aromatic heterocycles. The van der Waals surface area contributed by atoms with Crippen LogP contribution in [0.4, 0.5) is 10.5 Å². The Labute approximate surface area is 174 Å². The molecule has 0 bridgehead atoms. The van der Waals surface area contributed by atoms with Crippen molar-refractivity contribution in [1.82, 2.24) is 4.90 Å². The minimum atomic E-state index is -1.91. The molecule has 2 heterocycles. The molecule has 1 N–H and O–H groups in total. The Balaban J connectivity index is 1.75. The van der Waals surface area contributed by atoms with E-state index in [1.165, 1.54) is 11.3 Å². The van der Waals surface area contributed by atoms with Gasteiger partial charge in [-0.1, -0.05) is 32.4 Å². The minimum Gasteiger partial charge on any atom is -0.465 e. The summed E-state index contributed by atoms with van der Waals surface area (Å²) in [5.74, 6) is 0. The van der Waals surface area contributed by atoms with Crippen LogP contribution in [-0.4, -0.2) is 56.2 Å². The van der Waals surface area contributed by atoms with E-state index in [4.69, 9.17) is 16.0 Å². The number of benzene rings is 1. The van der Waals surface area contributed by atoms with Gasteiger partial charge in [-0.2, -0.15) is 0 Å². The van der Waals surface area contributed by atoms with Crippen molar-refractivity contribution in [3.05, 3.63) is 28.8 Å². The van der Waals surface area contributed by atoms with E-state index in [0.29, 0.717) is 13.2 Å². The van der Waals surface area contributed by atoms with E-state index in [0.717, 1.165) is 30.8 Å². The van der Waals surface area contributed by atoms with Gasteiger partial charge in [0.2, 0.25) is 0 Å². The fourth-order valence-electron chi connectivity index (χ4n) is 4.01. The summed E-state index contributed by atoms with van der Waals surface area (Å²) in [6, 6.07) is 6.16. The van der Waals surface area contributed by atoms with E-state index < -0.39 is 14.4 Å². The maximum absolute atomic E-state index is 11.9. The Morgan fingerprint density at radius 3 is 2.71 bits per heavy atom. The van der Waals surface area contributed by atoms with Crippen LogP contribution in [0.2, 0.25) is 23.2 Å². The average Bonchev–Trinajstić information content (AvgIpc) is 3.02. The first-order chi connectivity index (χ1) is 13.0. The quantitative estimate of drug-likeness (QED) is 0.672. The highest BCUT2D eigenvalue weighted by molar-refractivity contribution is 6.74. The van der Waals surface area contributed by atoms with Crippen molar-refractivity contribution in [3.63, 3.8) is 0 Å². The van der Waals surface area contributed by atoms with Crippen LogP contribution in [0.5, 0.6) is 0 Å². The maximum Gasteiger partial charge on any atom is 0.407 e. The molecule has 5 nitrogen and oxygen atoms in total. The number of likely N-dealkylation sites (tertiary alicyclic amines) is 1. The highest BCUT2D eigenvalue weighted by Crippen LogP contribution is 2.38. The van der Waals surface area contributed by atoms with Crippen molar-refractivity contribution in [2.45, 2.75) is 70.2 Å². The molecule has 3 rings (SSSR count). The zero-order valence-corrected chi connectivity index (χ0v) is 19.4. The SMILES string of the molecule is CC(C)(C)[Si](C)(C)OCC1CC(N2CCCc3cc(Cl)ccc32)CN1C(=O)O. The molecule has 1 fully saturated rings. The van der Waals surface area contributed by atoms with Crippen molar-refractivity contribution in [2.75, 3.05) is 24.6 Å². The summed E-state index contributed by atoms with van der Waals surface area (Å²) in [5.41, 5.74) is 2.47. The molecule has 156 valence electrons. The van der Waals surface area contributed by atoms with Crippen LogP contribution < -0.4 is 4.90 Å². The number of amides is 1. The summed E-state index contributed by atoms with van der Waals surface area (Å²) in [5, 5.41) is 10.6. The van der Waals surface area contributed by atoms with Crippen LogP contribution in [0.15, 0.2) is 18.2 Å². The van der Waals surface area contributed by atoms with Crippen molar-refractivity contribution in [1.29, 1.82) is 0 Å². The Morgan fingerprint density at radius 2 is 2.07 bits per heavy atom. The monoisotopic (exact) mass is 424 g/mol. The first kappa shape index (κ1) is 21.5. The van der Waals surface area contributed by atoms with Gasteiger partial charge in [0.25, 0.3) is 0 Å². The second kappa shape index (κ2) is 7.88. The van der Waals surface area contributed by atoms with E-state index in [1.807, 2.05) is 12.1 Å². The second-order valence-corrected chi connectivity index (χ2v) is 14.9. The molecule has 0 aliphatic carbocycles. The topological polar surface area (TPSA) is 53.0 Å². The number of aryl methyl sites for hydroxylation is 1. The highest BCUT2D eigenvalue weighted by atomic mass is 35.5. The van der Waals surface area contributed by atoms with Crippen LogP contribution in [0.3, 0.4) is 0 Å². The molecule has 0 radical (unpaired) electrons. The normalized spacial score (nSPS) is 23.1. The molecule has 2 aliphatic rings. The number of anilines is 1. The van der Waals surface area contributed by atoms with Gasteiger partial charge >= 0.3 is 6.09 Å². The lowest BCUT2D eigenvalue weighted by molar-refractivity contribution is 0.120. The molecular formula is C21H33ClN2O3Si. The number of fused-ring (bicyclic) bond motifs is 1. The van der Waals surface area contributed by atoms with E-state index in [-0.39, 0.29) is 17.1 Å². The number of carboxylic acid groups (broad SMARTS) is 1. The molecule has 0 spiro atoms. The minimum absolute atomic E-state index is 0.0886. The summed E-state index contributed by atoms with van der Waals surface area (Å²) in [6.07, 6.45) is 2.06. The summed E-state index contributed by atoms with van der Waals surface area (Å²) >= 11 is 6.18. The molecular weight excluding hydrogens is 392 g/mol. The van der Waals surface area contributed by atoms with Gasteiger partial charge < -0.3 is 19.3 Å². The predicted molar refractivity (Wildman–Crippen MR) is 117 cm³/mol. The fourth-order valence-corrected chi connectivity index (χ4v) is 5.24. The van der Waals surface area contributed by atoms with Crippen molar-refractivity contribution >= 4 is 31.7 Å². The fraction of sp³-hybridized carbons (Fsp3) is 0.667. The summed E-state index contributed by atoms with van der Waals surface area (Å²) in [7, 11) is -1.91. The smallest absolute Gasteiger partial charge is 0.407 e. The molecule has 2 aliphatic heterocycles. The third-order valence-corrected chi connectivity index (χ3v) is 11.5. The lowest BCUT2D eigenvalue weighted by Gasteiger charge is -2.37. The molecule has 7 heteroatoms. The van der Waals surface area contributed by atoms with E-state index in [2.05, 4.69) is 44.8 Å². The van der Waals surface area contributed by atoms with Gasteiger partial charge in [-0.05, 0) is 61.2 Å². The van der Waals surface area contributed by atoms with Crippen LogP contribution in [0, 0.1) is 0 Å². The molecule has 2 atom stereocenters. The van der Waals surface area contributed by atoms with E-state index in [9.17, 15) is 9.90 Å². The maximum atomic E-state index is 11.9. The Bertz CT molecular complexity index is 735. The van der Waals surface area contributed by atoms with Crippen molar-refractivity contribution < 1.29 is 14.3 Å². The van der Waals surface area contributed by atoms with Crippen LogP contribution in [-0.2, 0) is 10.8 Å². The number of nitrogens with zero attached hydrogens (tertiary/aromatic N) is 2. The standard InChI is InChI=1S/C21H33ClN2O3Si/c1-21(2,3)28(4,5)27-14-18-12-17(13-24(18)20(25)26)23-10-6-7-15-11-16(22)8-9-19(15)23/h8-9,11,17-18H,6-7,10,12-14H2,1-5H3,(H,25,26). The second-order valence-electron chi connectivity index (χ2n) is 9.62. The van der Waals surface area contributed by atoms with Gasteiger partial charge in [0, 0.05) is 29.8 Å². The van der Waals surface area contributed by atoms with Crippen LogP contribution in [0.1, 0.15) is 39.2 Å². The van der Waals surface area contributed by atoms with Crippen LogP contribution >= 0.6 is 11.6 Å². The third-order valence-electron chi connectivity index (χ3n) is 6.72. The molecule has 1 amide bonds. The zero-order valence-electron chi connectivity index (χ0n) is 17.7. The number of carbonyl (C=O) groups is 1. The third kappa shape index (κ3) is 4.34. The molecule has 1 saturated heterocycles. The zero-order chi connectivity index (χ0) is 20.7. The van der Waals surface area contributed by atoms with Crippen LogP contribution in [0.25, 0.3) is 0 Å². The first-order valence-corrected chi connectivity index (χ1v) is 13.5. The Kier molecular flexibility index (Phi) is 6.04. The molecule has 28 heavy (non-hydrogen) atoms. The van der Waals surface area contributed by atoms with E-state index in [1.54, 1.807) is 4.90 Å². The van der Waals surface area contributed by atoms with Crippen molar-refractivity contribution in [3.8, 4) is 0 Å². The molecule has 0 saturated carbocycles. The largest absolute Gasteiger partial charge is 0.465 e. The summed E-state index contributed by atoms with van der Waals surface area (Å²) in [4.78, 5) is 15.9. The predicted octanol–water partition coefficient (Wildman–Crippen LogP) is 5.24. The number of halogens is 1. The average molecular weight is 425 g/mol. The Morgan fingerprint density at radius 1 is 1.36 bits per heavy atom. The molecule has 2 unspecified atom stereocenters. The highest BCUT2D eigenvalue weighted by Gasteiger charge is 2.42. The van der Waals surface area contributed by atoms with Gasteiger partial charge in [-0.15, -0.1) is 0 Å². The molecule has 1 aromatic carbocycles.